The molecule has 2 saturated heterocycles. The fourth-order valence-corrected chi connectivity index (χ4v) is 9.59. The van der Waals surface area contributed by atoms with Crippen LogP contribution < -0.4 is 54.4 Å². The Labute approximate surface area is 407 Å². The van der Waals surface area contributed by atoms with Gasteiger partial charge in [0.2, 0.25) is 59.1 Å². The van der Waals surface area contributed by atoms with E-state index in [-0.39, 0.29) is 49.0 Å². The molecule has 3 rings (SSSR count). The van der Waals surface area contributed by atoms with Gasteiger partial charge in [0, 0.05) is 30.9 Å². The number of benzene rings is 1. The molecule has 0 spiro atoms. The number of hydrogen-bond acceptors (Lipinski definition) is 15. The Bertz CT molecular complexity index is 2050. The summed E-state index contributed by atoms with van der Waals surface area (Å²) < 4.78 is 0. The summed E-state index contributed by atoms with van der Waals surface area (Å²) in [5.41, 5.74) is 17.4. The Morgan fingerprint density at radius 1 is 0.812 bits per heavy atom. The fraction of sp³-hybridized carbons (Fsp3) is 0.605. The molecule has 2 fully saturated rings. The van der Waals surface area contributed by atoms with Gasteiger partial charge in [-0.15, -0.1) is 0 Å². The number of nitrogens with one attached hydrogen (secondary N) is 7. The van der Waals surface area contributed by atoms with Crippen molar-refractivity contribution in [3.63, 3.8) is 0 Å². The predicted molar refractivity (Wildman–Crippen MR) is 253 cm³/mol. The predicted octanol–water partition coefficient (Wildman–Crippen LogP) is -3.01. The molecule has 2 aliphatic rings. The average molecular weight is 1010 g/mol. The molecule has 1 aromatic rings. The summed E-state index contributed by atoms with van der Waals surface area (Å²) in [4.78, 5) is 148. The highest BCUT2D eigenvalue weighted by atomic mass is 33.1. The van der Waals surface area contributed by atoms with Crippen LogP contribution >= 0.6 is 21.6 Å². The number of amides is 10. The molecule has 382 valence electrons. The van der Waals surface area contributed by atoms with E-state index in [1.54, 1.807) is 27.7 Å². The van der Waals surface area contributed by atoms with Crippen molar-refractivity contribution in [1.29, 1.82) is 0 Å². The van der Waals surface area contributed by atoms with E-state index in [1.807, 2.05) is 0 Å². The second-order valence-corrected chi connectivity index (χ2v) is 19.9. The van der Waals surface area contributed by atoms with Gasteiger partial charge in [0.15, 0.2) is 0 Å². The number of hydrogen-bond donors (Lipinski definition) is 12. The molecule has 26 heteroatoms. The second kappa shape index (κ2) is 27.7. The van der Waals surface area contributed by atoms with Crippen LogP contribution in [0.2, 0.25) is 0 Å². The number of likely N-dealkylation sites (tertiary alicyclic amines) is 1. The number of carboxylic acid groups (broad SMARTS) is 1. The molecule has 2 aliphatic heterocycles. The highest BCUT2D eigenvalue weighted by Crippen LogP contribution is 2.26. The van der Waals surface area contributed by atoms with E-state index in [4.69, 9.17) is 17.2 Å². The normalized spacial score (nSPS) is 24.3. The first-order valence-corrected chi connectivity index (χ1v) is 25.0. The van der Waals surface area contributed by atoms with Gasteiger partial charge >= 0.3 is 5.97 Å². The summed E-state index contributed by atoms with van der Waals surface area (Å²) >= 11 is 0. The molecule has 1 unspecified atom stereocenters. The smallest absolute Gasteiger partial charge is 0.305 e. The van der Waals surface area contributed by atoms with Gasteiger partial charge in [-0.25, -0.2) is 0 Å². The zero-order valence-corrected chi connectivity index (χ0v) is 40.6. The Morgan fingerprint density at radius 2 is 1.42 bits per heavy atom. The summed E-state index contributed by atoms with van der Waals surface area (Å²) in [6, 6.07) is -5.36. The van der Waals surface area contributed by atoms with E-state index < -0.39 is 145 Å². The van der Waals surface area contributed by atoms with Crippen LogP contribution in [-0.2, 0) is 59.2 Å². The Hall–Kier alpha value is -6.15. The number of phenols is 1. The van der Waals surface area contributed by atoms with E-state index in [2.05, 4.69) is 37.2 Å². The number of nitrogens with zero attached hydrogens (tertiary/aromatic N) is 1. The monoisotopic (exact) mass is 1010 g/mol. The third kappa shape index (κ3) is 18.7. The van der Waals surface area contributed by atoms with Crippen LogP contribution in [0.5, 0.6) is 5.75 Å². The maximum atomic E-state index is 14.5. The van der Waals surface area contributed by atoms with Gasteiger partial charge in [-0.05, 0) is 55.2 Å². The van der Waals surface area contributed by atoms with E-state index in [9.17, 15) is 63.0 Å². The first-order valence-electron chi connectivity index (χ1n) is 22.5. The molecule has 15 N–H and O–H groups in total. The van der Waals surface area contributed by atoms with Gasteiger partial charge in [0.1, 0.15) is 48.0 Å². The number of nitrogens with two attached hydrogens (primary N) is 3. The van der Waals surface area contributed by atoms with E-state index in [0.717, 1.165) is 21.6 Å². The highest BCUT2D eigenvalue weighted by Gasteiger charge is 2.41. The molecular formula is C43H65N11O13S2. The molecule has 24 nitrogen and oxygen atoms in total. The average Bonchev–Trinajstić information content (AvgIpc) is 3.78. The first kappa shape index (κ1) is 57.2. The van der Waals surface area contributed by atoms with Gasteiger partial charge in [-0.2, -0.15) is 0 Å². The van der Waals surface area contributed by atoms with Crippen LogP contribution in [0.1, 0.15) is 78.2 Å². The third-order valence-corrected chi connectivity index (χ3v) is 13.7. The SMILES string of the molecule is CC[C@H](C)[C@@H]1NC(=O)[C@H](Cc2ccc(O)cc2)NC(=O)[C@@H](N)CSSC[C@@H](C(=O)N2CCC[C@H]2C(=O)N[C@@H](CC(C)C)C(=O)NCC(N)=O)NC(=O)[C@H](CC(=O)O)NC(=O)C(CCC(N)=O)NC1=O. The lowest BCUT2D eigenvalue weighted by atomic mass is 9.96. The maximum absolute atomic E-state index is 14.5. The van der Waals surface area contributed by atoms with Crippen molar-refractivity contribution in [2.75, 3.05) is 24.6 Å². The molecule has 9 atom stereocenters. The van der Waals surface area contributed by atoms with E-state index >= 15 is 0 Å². The molecule has 0 saturated carbocycles. The summed E-state index contributed by atoms with van der Waals surface area (Å²) in [6.45, 7) is 6.53. The molecule has 0 aliphatic carbocycles. The van der Waals surface area contributed by atoms with Crippen LogP contribution in [-0.4, -0.2) is 153 Å². The van der Waals surface area contributed by atoms with Gasteiger partial charge in [-0.3, -0.25) is 52.7 Å². The summed E-state index contributed by atoms with van der Waals surface area (Å²) in [5.74, 6) is -11.2. The number of carboxylic acids is 1. The summed E-state index contributed by atoms with van der Waals surface area (Å²) in [5, 5.41) is 37.3. The van der Waals surface area contributed by atoms with Gasteiger partial charge in [0.05, 0.1) is 19.0 Å². The van der Waals surface area contributed by atoms with Crippen molar-refractivity contribution >= 4 is 86.6 Å². The van der Waals surface area contributed by atoms with Gasteiger partial charge < -0.3 is 69.5 Å². The maximum Gasteiger partial charge on any atom is 0.305 e. The standard InChI is InChI=1S/C43H65N11O13S2/c1-5-22(4)35-42(66)48-26(12-13-32(45)56)38(62)50-29(17-34(58)59)39(63)52-30(20-69-68-19-25(44)36(60)49-28(40(64)53-35)16-23-8-10-24(55)11-9-23)43(67)54-14-6-7-31(54)41(65)51-27(15-21(2)3)37(61)47-18-33(46)57/h8-11,21-22,25-31,35,55H,5-7,12-20,44H2,1-4H3,(H2,45,56)(H2,46,57)(H,47,61)(H,48,66)(H,49,60)(H,50,62)(H,51,65)(H,52,63)(H,53,64)(H,58,59)/t22-,25-,26?,27-,28-,29-,30-,31-,35-/m0/s1. The summed E-state index contributed by atoms with van der Waals surface area (Å²) in [6.07, 6.45) is -1.04. The van der Waals surface area contributed by atoms with Crippen LogP contribution in [0.25, 0.3) is 0 Å². The van der Waals surface area contributed by atoms with Crippen molar-refractivity contribution in [1.82, 2.24) is 42.1 Å². The number of carbonyl (C=O) groups excluding carboxylic acids is 10. The summed E-state index contributed by atoms with van der Waals surface area (Å²) in [7, 11) is 2.00. The van der Waals surface area contributed by atoms with Crippen molar-refractivity contribution in [3.8, 4) is 5.75 Å². The lowest BCUT2D eigenvalue weighted by Crippen LogP contribution is -2.61. The Morgan fingerprint density at radius 3 is 2.03 bits per heavy atom. The van der Waals surface area contributed by atoms with Gasteiger partial charge in [0.25, 0.3) is 0 Å². The van der Waals surface area contributed by atoms with Crippen LogP contribution in [0, 0.1) is 11.8 Å². The minimum Gasteiger partial charge on any atom is -0.508 e. The number of rotatable bonds is 17. The lowest BCUT2D eigenvalue weighted by Gasteiger charge is -2.31. The quantitative estimate of drug-likeness (QED) is 0.0692. The molecule has 1 aromatic carbocycles. The van der Waals surface area contributed by atoms with Crippen LogP contribution in [0.15, 0.2) is 24.3 Å². The zero-order valence-electron chi connectivity index (χ0n) is 38.9. The number of aromatic hydroxyl groups is 1. The van der Waals surface area contributed by atoms with Crippen molar-refractivity contribution in [2.45, 2.75) is 127 Å². The number of primary amides is 2. The first-order chi connectivity index (χ1) is 32.5. The van der Waals surface area contributed by atoms with Crippen molar-refractivity contribution in [2.24, 2.45) is 29.0 Å². The lowest BCUT2D eigenvalue weighted by molar-refractivity contribution is -0.143. The molecule has 69 heavy (non-hydrogen) atoms. The second-order valence-electron chi connectivity index (χ2n) is 17.3. The molecule has 0 radical (unpaired) electrons. The molecule has 2 heterocycles. The Kier molecular flexibility index (Phi) is 23.0. The number of phenolic OH excluding ortho intramolecular Hbond substituents is 1. The van der Waals surface area contributed by atoms with Crippen molar-refractivity contribution < 1.29 is 63.0 Å². The number of carbonyl (C=O) groups is 11. The van der Waals surface area contributed by atoms with E-state index in [1.165, 1.54) is 29.2 Å². The molecule has 10 amide bonds. The topological polar surface area (TPSA) is 394 Å². The van der Waals surface area contributed by atoms with E-state index in [0.29, 0.717) is 18.4 Å². The number of aliphatic carboxylic acids is 1. The zero-order chi connectivity index (χ0) is 51.5. The fourth-order valence-electron chi connectivity index (χ4n) is 7.32. The van der Waals surface area contributed by atoms with Crippen molar-refractivity contribution in [3.05, 3.63) is 29.8 Å². The van der Waals surface area contributed by atoms with Gasteiger partial charge in [-0.1, -0.05) is 67.8 Å². The third-order valence-electron chi connectivity index (χ3n) is 11.3. The largest absolute Gasteiger partial charge is 0.508 e. The Balaban J connectivity index is 2.05. The highest BCUT2D eigenvalue weighted by molar-refractivity contribution is 8.76. The van der Waals surface area contributed by atoms with Crippen LogP contribution in [0.3, 0.4) is 0 Å². The van der Waals surface area contributed by atoms with Crippen LogP contribution in [0.4, 0.5) is 0 Å². The minimum absolute atomic E-state index is 0.0297. The molecular weight excluding hydrogens is 943 g/mol. The molecule has 0 bridgehead atoms. The molecule has 0 aromatic heterocycles. The minimum atomic E-state index is -1.88.